The SMILES string of the molecule is CCc1ccc(Nc2ncc(C(F)(F)F)c(N(C)c3ccc(Cl)cc3)n2)cc1. The van der Waals surface area contributed by atoms with E-state index in [4.69, 9.17) is 11.6 Å². The summed E-state index contributed by atoms with van der Waals surface area (Å²) in [5, 5.41) is 3.45. The highest BCUT2D eigenvalue weighted by atomic mass is 35.5. The van der Waals surface area contributed by atoms with E-state index >= 15 is 0 Å². The fourth-order valence-electron chi connectivity index (χ4n) is 2.63. The number of aryl methyl sites for hydroxylation is 1. The van der Waals surface area contributed by atoms with E-state index in [-0.39, 0.29) is 11.8 Å². The molecule has 0 atom stereocenters. The lowest BCUT2D eigenvalue weighted by Gasteiger charge is -2.23. The number of anilines is 4. The lowest BCUT2D eigenvalue weighted by molar-refractivity contribution is -0.137. The van der Waals surface area contributed by atoms with Gasteiger partial charge in [-0.2, -0.15) is 18.2 Å². The monoisotopic (exact) mass is 406 g/mol. The lowest BCUT2D eigenvalue weighted by atomic mass is 10.1. The van der Waals surface area contributed by atoms with Crippen LogP contribution in [0.5, 0.6) is 0 Å². The van der Waals surface area contributed by atoms with Gasteiger partial charge >= 0.3 is 6.18 Å². The van der Waals surface area contributed by atoms with Crippen LogP contribution in [0.4, 0.5) is 36.3 Å². The van der Waals surface area contributed by atoms with E-state index in [1.165, 1.54) is 11.9 Å². The van der Waals surface area contributed by atoms with Gasteiger partial charge in [0.2, 0.25) is 5.95 Å². The van der Waals surface area contributed by atoms with Crippen LogP contribution in [0, 0.1) is 0 Å². The van der Waals surface area contributed by atoms with E-state index in [0.717, 1.165) is 18.2 Å². The Balaban J connectivity index is 1.97. The summed E-state index contributed by atoms with van der Waals surface area (Å²) in [5.74, 6) is -0.175. The van der Waals surface area contributed by atoms with E-state index in [9.17, 15) is 13.2 Å². The van der Waals surface area contributed by atoms with Crippen LogP contribution in [0.1, 0.15) is 18.1 Å². The van der Waals surface area contributed by atoms with E-state index < -0.39 is 11.7 Å². The van der Waals surface area contributed by atoms with E-state index in [2.05, 4.69) is 15.3 Å². The molecule has 0 amide bonds. The maximum absolute atomic E-state index is 13.5. The molecule has 0 unspecified atom stereocenters. The fourth-order valence-corrected chi connectivity index (χ4v) is 2.75. The molecule has 146 valence electrons. The third-order valence-electron chi connectivity index (χ3n) is 4.22. The van der Waals surface area contributed by atoms with Gasteiger partial charge in [-0.05, 0) is 48.4 Å². The van der Waals surface area contributed by atoms with Gasteiger partial charge in [0.05, 0.1) is 0 Å². The number of benzene rings is 2. The molecule has 0 aliphatic carbocycles. The number of hydrogen-bond acceptors (Lipinski definition) is 4. The zero-order valence-electron chi connectivity index (χ0n) is 15.3. The number of nitrogens with one attached hydrogen (secondary N) is 1. The predicted molar refractivity (Wildman–Crippen MR) is 106 cm³/mol. The van der Waals surface area contributed by atoms with Crippen molar-refractivity contribution in [2.24, 2.45) is 0 Å². The van der Waals surface area contributed by atoms with Gasteiger partial charge in [0, 0.05) is 29.6 Å². The van der Waals surface area contributed by atoms with Crippen molar-refractivity contribution in [3.05, 3.63) is 70.9 Å². The van der Waals surface area contributed by atoms with E-state index in [1.54, 1.807) is 24.3 Å². The van der Waals surface area contributed by atoms with Crippen LogP contribution in [0.3, 0.4) is 0 Å². The smallest absolute Gasteiger partial charge is 0.329 e. The Morgan fingerprint density at radius 2 is 1.68 bits per heavy atom. The summed E-state index contributed by atoms with van der Waals surface area (Å²) in [6.07, 6.45) is -2.90. The molecule has 0 aliphatic rings. The van der Waals surface area contributed by atoms with Gasteiger partial charge < -0.3 is 10.2 Å². The number of aromatic nitrogens is 2. The molecule has 28 heavy (non-hydrogen) atoms. The topological polar surface area (TPSA) is 41.1 Å². The summed E-state index contributed by atoms with van der Waals surface area (Å²) in [5.41, 5.74) is 1.45. The Kier molecular flexibility index (Phi) is 5.74. The molecule has 3 rings (SSSR count). The average Bonchev–Trinajstić information content (AvgIpc) is 2.68. The molecular weight excluding hydrogens is 389 g/mol. The molecule has 3 aromatic rings. The van der Waals surface area contributed by atoms with Gasteiger partial charge in [0.15, 0.2) is 5.82 Å². The highest BCUT2D eigenvalue weighted by Gasteiger charge is 2.36. The largest absolute Gasteiger partial charge is 0.421 e. The Hall–Kier alpha value is -2.80. The van der Waals surface area contributed by atoms with Crippen LogP contribution in [0.25, 0.3) is 0 Å². The van der Waals surface area contributed by atoms with Crippen molar-refractivity contribution in [3.8, 4) is 0 Å². The normalized spacial score (nSPS) is 11.4. The van der Waals surface area contributed by atoms with Gasteiger partial charge in [-0.1, -0.05) is 30.7 Å². The zero-order chi connectivity index (χ0) is 20.3. The summed E-state index contributed by atoms with van der Waals surface area (Å²) < 4.78 is 40.4. The third kappa shape index (κ3) is 4.54. The molecule has 0 bridgehead atoms. The predicted octanol–water partition coefficient (Wildman–Crippen LogP) is 6.22. The van der Waals surface area contributed by atoms with Crippen molar-refractivity contribution in [3.63, 3.8) is 0 Å². The Labute approximate surface area is 166 Å². The van der Waals surface area contributed by atoms with Gasteiger partial charge in [-0.15, -0.1) is 0 Å². The summed E-state index contributed by atoms with van der Waals surface area (Å²) >= 11 is 5.87. The van der Waals surface area contributed by atoms with E-state index in [1.807, 2.05) is 31.2 Å². The van der Waals surface area contributed by atoms with Crippen LogP contribution in [-0.2, 0) is 12.6 Å². The van der Waals surface area contributed by atoms with Crippen LogP contribution in [0.15, 0.2) is 54.7 Å². The first kappa shape index (κ1) is 19.9. The molecule has 8 heteroatoms. The van der Waals surface area contributed by atoms with Crippen molar-refractivity contribution >= 4 is 34.7 Å². The molecule has 0 saturated carbocycles. The first-order chi connectivity index (χ1) is 13.3. The molecule has 0 aliphatic heterocycles. The second-order valence-electron chi connectivity index (χ2n) is 6.14. The van der Waals surface area contributed by atoms with Gasteiger partial charge in [0.25, 0.3) is 0 Å². The van der Waals surface area contributed by atoms with Gasteiger partial charge in [-0.25, -0.2) is 4.98 Å². The molecule has 0 radical (unpaired) electrons. The second kappa shape index (κ2) is 8.06. The molecule has 1 aromatic heterocycles. The highest BCUT2D eigenvalue weighted by Crippen LogP contribution is 2.37. The second-order valence-corrected chi connectivity index (χ2v) is 6.58. The summed E-state index contributed by atoms with van der Waals surface area (Å²) in [7, 11) is 1.51. The molecular formula is C20H18ClF3N4. The van der Waals surface area contributed by atoms with Gasteiger partial charge in [-0.3, -0.25) is 0 Å². The Bertz CT molecular complexity index is 941. The fraction of sp³-hybridized carbons (Fsp3) is 0.200. The van der Waals surface area contributed by atoms with Crippen LogP contribution < -0.4 is 10.2 Å². The molecule has 1 N–H and O–H groups in total. The number of hydrogen-bond donors (Lipinski definition) is 1. The summed E-state index contributed by atoms with van der Waals surface area (Å²) in [6, 6.07) is 14.0. The maximum atomic E-state index is 13.5. The van der Waals surface area contributed by atoms with Crippen molar-refractivity contribution in [1.29, 1.82) is 0 Å². The van der Waals surface area contributed by atoms with Gasteiger partial charge in [0.1, 0.15) is 5.56 Å². The molecule has 0 spiro atoms. The quantitative estimate of drug-likeness (QED) is 0.546. The van der Waals surface area contributed by atoms with Crippen molar-refractivity contribution < 1.29 is 13.2 Å². The van der Waals surface area contributed by atoms with Crippen molar-refractivity contribution in [2.75, 3.05) is 17.3 Å². The molecule has 1 heterocycles. The first-order valence-corrected chi connectivity index (χ1v) is 8.95. The van der Waals surface area contributed by atoms with Crippen LogP contribution >= 0.6 is 11.6 Å². The van der Waals surface area contributed by atoms with Crippen molar-refractivity contribution in [1.82, 2.24) is 9.97 Å². The minimum atomic E-state index is -4.59. The standard InChI is InChI=1S/C20H18ClF3N4/c1-3-13-4-8-15(9-5-13)26-19-25-12-17(20(22,23)24)18(27-19)28(2)16-10-6-14(21)7-11-16/h4-12H,3H2,1-2H3,(H,25,26,27). The minimum absolute atomic E-state index is 0.0769. The minimum Gasteiger partial charge on any atom is -0.329 e. The number of halogens is 4. The average molecular weight is 407 g/mol. The Morgan fingerprint density at radius 3 is 2.25 bits per heavy atom. The zero-order valence-corrected chi connectivity index (χ0v) is 16.0. The van der Waals surface area contributed by atoms with Crippen LogP contribution in [0.2, 0.25) is 5.02 Å². The summed E-state index contributed by atoms with van der Waals surface area (Å²) in [6.45, 7) is 2.04. The molecule has 0 fully saturated rings. The summed E-state index contributed by atoms with van der Waals surface area (Å²) in [4.78, 5) is 9.32. The maximum Gasteiger partial charge on any atom is 0.421 e. The number of alkyl halides is 3. The lowest BCUT2D eigenvalue weighted by Crippen LogP contribution is -2.19. The van der Waals surface area contributed by atoms with E-state index in [0.29, 0.717) is 16.4 Å². The number of rotatable bonds is 5. The van der Waals surface area contributed by atoms with Crippen LogP contribution in [-0.4, -0.2) is 17.0 Å². The first-order valence-electron chi connectivity index (χ1n) is 8.57. The molecule has 2 aromatic carbocycles. The molecule has 4 nitrogen and oxygen atoms in total. The Morgan fingerprint density at radius 1 is 1.04 bits per heavy atom. The highest BCUT2D eigenvalue weighted by molar-refractivity contribution is 6.30. The van der Waals surface area contributed by atoms with Crippen molar-refractivity contribution in [2.45, 2.75) is 19.5 Å². The number of nitrogens with zero attached hydrogens (tertiary/aromatic N) is 3. The third-order valence-corrected chi connectivity index (χ3v) is 4.48. The molecule has 0 saturated heterocycles.